The van der Waals surface area contributed by atoms with E-state index in [0.29, 0.717) is 20.4 Å². The maximum Gasteiger partial charge on any atom is 0.183 e. The van der Waals surface area contributed by atoms with Gasteiger partial charge in [-0.3, -0.25) is 10.2 Å². The number of ketones is 1. The Kier molecular flexibility index (Phi) is 3.85. The highest BCUT2D eigenvalue weighted by Gasteiger charge is 2.12. The normalized spacial score (nSPS) is 11.0. The van der Waals surface area contributed by atoms with Crippen LogP contribution in [0.15, 0.2) is 42.5 Å². The van der Waals surface area contributed by atoms with Gasteiger partial charge >= 0.3 is 0 Å². The highest BCUT2D eigenvalue weighted by atomic mass is 35.5. The molecule has 0 unspecified atom stereocenters. The minimum Gasteiger partial charge on any atom is -0.309 e. The lowest BCUT2D eigenvalue weighted by Gasteiger charge is -2.05. The third kappa shape index (κ3) is 2.75. The van der Waals surface area contributed by atoms with Gasteiger partial charge in [0.05, 0.1) is 26.8 Å². The van der Waals surface area contributed by atoms with Crippen molar-refractivity contribution in [3.8, 4) is 0 Å². The van der Waals surface area contributed by atoms with Gasteiger partial charge in [-0.25, -0.2) is 0 Å². The molecule has 1 N–H and O–H groups in total. The SMILES string of the molecule is N=c1sc2ccccc2n1CC(=O)c1ccc(Cl)c(Cl)c1. The third-order valence-corrected chi connectivity index (χ3v) is 4.87. The second kappa shape index (κ2) is 5.64. The Bertz CT molecular complexity index is 898. The second-order valence-corrected chi connectivity index (χ2v) is 6.36. The third-order valence-electron chi connectivity index (χ3n) is 3.15. The fraction of sp³-hybridized carbons (Fsp3) is 0.0667. The molecule has 2 aromatic carbocycles. The molecule has 3 aromatic rings. The van der Waals surface area contributed by atoms with Crippen molar-refractivity contribution >= 4 is 50.5 Å². The average Bonchev–Trinajstić information content (AvgIpc) is 2.78. The van der Waals surface area contributed by atoms with Crippen molar-refractivity contribution in [2.45, 2.75) is 6.54 Å². The molecular weight excluding hydrogens is 327 g/mol. The van der Waals surface area contributed by atoms with Crippen LogP contribution >= 0.6 is 34.5 Å². The van der Waals surface area contributed by atoms with E-state index in [-0.39, 0.29) is 12.3 Å². The Labute approximate surface area is 134 Å². The molecule has 21 heavy (non-hydrogen) atoms. The van der Waals surface area contributed by atoms with Crippen molar-refractivity contribution in [1.82, 2.24) is 4.57 Å². The van der Waals surface area contributed by atoms with Gasteiger partial charge in [0.2, 0.25) is 0 Å². The molecule has 3 rings (SSSR count). The zero-order chi connectivity index (χ0) is 15.0. The van der Waals surface area contributed by atoms with Crippen molar-refractivity contribution in [2.75, 3.05) is 0 Å². The summed E-state index contributed by atoms with van der Waals surface area (Å²) < 4.78 is 2.69. The summed E-state index contributed by atoms with van der Waals surface area (Å²) in [5.74, 6) is -0.101. The number of para-hydroxylation sites is 1. The Morgan fingerprint density at radius 2 is 1.90 bits per heavy atom. The van der Waals surface area contributed by atoms with Crippen LogP contribution in [0.25, 0.3) is 10.2 Å². The van der Waals surface area contributed by atoms with Gasteiger partial charge in [0.25, 0.3) is 0 Å². The van der Waals surface area contributed by atoms with Crippen LogP contribution in [0.1, 0.15) is 10.4 Å². The summed E-state index contributed by atoms with van der Waals surface area (Å²) in [6, 6.07) is 12.5. The van der Waals surface area contributed by atoms with E-state index in [1.165, 1.54) is 11.3 Å². The van der Waals surface area contributed by atoms with Gasteiger partial charge in [-0.2, -0.15) is 0 Å². The van der Waals surface area contributed by atoms with E-state index in [9.17, 15) is 4.79 Å². The number of halogens is 2. The molecule has 0 amide bonds. The molecular formula is C15H10Cl2N2OS. The fourth-order valence-corrected chi connectivity index (χ4v) is 3.31. The van der Waals surface area contributed by atoms with E-state index >= 15 is 0 Å². The first-order valence-corrected chi connectivity index (χ1v) is 7.75. The minimum atomic E-state index is -0.101. The first-order valence-electron chi connectivity index (χ1n) is 6.17. The number of benzene rings is 2. The molecule has 0 atom stereocenters. The van der Waals surface area contributed by atoms with E-state index in [0.717, 1.165) is 10.2 Å². The largest absolute Gasteiger partial charge is 0.309 e. The molecule has 0 aliphatic carbocycles. The van der Waals surface area contributed by atoms with Gasteiger partial charge in [-0.05, 0) is 30.3 Å². The summed E-state index contributed by atoms with van der Waals surface area (Å²) in [4.78, 5) is 12.7. The number of hydrogen-bond donors (Lipinski definition) is 1. The molecule has 0 saturated heterocycles. The standard InChI is InChI=1S/C15H10Cl2N2OS/c16-10-6-5-9(7-11(10)17)13(20)8-19-12-3-1-2-4-14(12)21-15(19)18/h1-7,18H,8H2. The van der Waals surface area contributed by atoms with E-state index in [1.807, 2.05) is 24.3 Å². The van der Waals surface area contributed by atoms with Crippen LogP contribution in [0.3, 0.4) is 0 Å². The zero-order valence-corrected chi connectivity index (χ0v) is 13.1. The molecule has 0 fully saturated rings. The zero-order valence-electron chi connectivity index (χ0n) is 10.8. The Morgan fingerprint density at radius 3 is 2.67 bits per heavy atom. The van der Waals surface area contributed by atoms with Gasteiger partial charge in [0.15, 0.2) is 10.6 Å². The summed E-state index contributed by atoms with van der Waals surface area (Å²) in [7, 11) is 0. The van der Waals surface area contributed by atoms with Gasteiger partial charge in [0.1, 0.15) is 0 Å². The van der Waals surface area contributed by atoms with Crippen LogP contribution in [-0.4, -0.2) is 10.4 Å². The Balaban J connectivity index is 1.98. The molecule has 0 aliphatic heterocycles. The highest BCUT2D eigenvalue weighted by molar-refractivity contribution is 7.16. The van der Waals surface area contributed by atoms with E-state index in [1.54, 1.807) is 22.8 Å². The average molecular weight is 337 g/mol. The summed E-state index contributed by atoms with van der Waals surface area (Å²) in [5, 5.41) is 8.79. The molecule has 6 heteroatoms. The van der Waals surface area contributed by atoms with E-state index in [4.69, 9.17) is 28.6 Å². The van der Waals surface area contributed by atoms with Crippen LogP contribution in [0.2, 0.25) is 10.0 Å². The Hall–Kier alpha value is -1.62. The van der Waals surface area contributed by atoms with Gasteiger partial charge in [-0.15, -0.1) is 0 Å². The molecule has 0 spiro atoms. The van der Waals surface area contributed by atoms with Crippen molar-refractivity contribution in [2.24, 2.45) is 0 Å². The molecule has 0 radical (unpaired) electrons. The molecule has 3 nitrogen and oxygen atoms in total. The van der Waals surface area contributed by atoms with Gasteiger partial charge in [0, 0.05) is 5.56 Å². The number of thiazole rings is 1. The molecule has 0 saturated carbocycles. The number of fused-ring (bicyclic) bond motifs is 1. The number of hydrogen-bond acceptors (Lipinski definition) is 3. The van der Waals surface area contributed by atoms with Crippen LogP contribution in [0, 0.1) is 5.41 Å². The molecule has 106 valence electrons. The predicted octanol–water partition coefficient (Wildman–Crippen LogP) is 4.37. The van der Waals surface area contributed by atoms with Gasteiger partial charge in [-0.1, -0.05) is 46.7 Å². The van der Waals surface area contributed by atoms with E-state index in [2.05, 4.69) is 0 Å². The first-order chi connectivity index (χ1) is 10.1. The maximum atomic E-state index is 12.4. The van der Waals surface area contributed by atoms with E-state index < -0.39 is 0 Å². The number of aromatic nitrogens is 1. The number of nitrogens with zero attached hydrogens (tertiary/aromatic N) is 1. The van der Waals surface area contributed by atoms with Crippen molar-refractivity contribution in [1.29, 1.82) is 5.41 Å². The van der Waals surface area contributed by atoms with Crippen LogP contribution in [0.5, 0.6) is 0 Å². The summed E-state index contributed by atoms with van der Waals surface area (Å²) in [6.07, 6.45) is 0. The topological polar surface area (TPSA) is 45.9 Å². The summed E-state index contributed by atoms with van der Waals surface area (Å²) >= 11 is 13.1. The minimum absolute atomic E-state index is 0.101. The van der Waals surface area contributed by atoms with Crippen molar-refractivity contribution in [3.05, 3.63) is 62.9 Å². The monoisotopic (exact) mass is 336 g/mol. The van der Waals surface area contributed by atoms with Crippen LogP contribution < -0.4 is 4.80 Å². The fourth-order valence-electron chi connectivity index (χ4n) is 2.10. The quantitative estimate of drug-likeness (QED) is 0.709. The van der Waals surface area contributed by atoms with Crippen molar-refractivity contribution in [3.63, 3.8) is 0 Å². The predicted molar refractivity (Wildman–Crippen MR) is 86.5 cm³/mol. The lowest BCUT2D eigenvalue weighted by Crippen LogP contribution is -2.19. The van der Waals surface area contributed by atoms with Gasteiger partial charge < -0.3 is 4.57 Å². The number of carbonyl (C=O) groups is 1. The Morgan fingerprint density at radius 1 is 1.14 bits per heavy atom. The smallest absolute Gasteiger partial charge is 0.183 e. The number of rotatable bonds is 3. The van der Waals surface area contributed by atoms with Crippen LogP contribution in [-0.2, 0) is 6.54 Å². The number of carbonyl (C=O) groups excluding carboxylic acids is 1. The first kappa shape index (κ1) is 14.3. The highest BCUT2D eigenvalue weighted by Crippen LogP contribution is 2.23. The number of Topliss-reactive ketones (excluding diaryl/α,β-unsaturated/α-hetero) is 1. The summed E-state index contributed by atoms with van der Waals surface area (Å²) in [6.45, 7) is 0.112. The lowest BCUT2D eigenvalue weighted by atomic mass is 10.1. The number of nitrogens with one attached hydrogen (secondary N) is 1. The van der Waals surface area contributed by atoms with Crippen molar-refractivity contribution < 1.29 is 4.79 Å². The summed E-state index contributed by atoms with van der Waals surface area (Å²) in [5.41, 5.74) is 1.38. The lowest BCUT2D eigenvalue weighted by molar-refractivity contribution is 0.0972. The second-order valence-electron chi connectivity index (χ2n) is 4.51. The molecule has 0 aliphatic rings. The van der Waals surface area contributed by atoms with Crippen LogP contribution in [0.4, 0.5) is 0 Å². The molecule has 1 aromatic heterocycles. The molecule has 0 bridgehead atoms. The molecule has 1 heterocycles. The maximum absolute atomic E-state index is 12.4.